The third kappa shape index (κ3) is 3.42. The maximum Gasteiger partial charge on any atom is 0.224 e. The number of hydrogen-bond donors (Lipinski definition) is 3. The fourth-order valence-corrected chi connectivity index (χ4v) is 2.65. The van der Waals surface area contributed by atoms with Gasteiger partial charge in [-0.1, -0.05) is 0 Å². The molecular weight excluding hydrogens is 268 g/mol. The molecule has 0 bridgehead atoms. The number of rotatable bonds is 3. The van der Waals surface area contributed by atoms with E-state index in [9.17, 15) is 14.7 Å². The fraction of sp³-hybridized carbons (Fsp3) is 0.500. The number of ketones is 1. The summed E-state index contributed by atoms with van der Waals surface area (Å²) in [6.45, 7) is 7.84. The molecule has 114 valence electrons. The Bertz CT molecular complexity index is 588. The van der Waals surface area contributed by atoms with Crippen molar-refractivity contribution in [2.75, 3.05) is 5.32 Å². The largest absolute Gasteiger partial charge is 0.506 e. The van der Waals surface area contributed by atoms with Gasteiger partial charge in [-0.2, -0.15) is 0 Å². The molecule has 0 aliphatic carbocycles. The van der Waals surface area contributed by atoms with Crippen LogP contribution in [0.3, 0.4) is 0 Å². The summed E-state index contributed by atoms with van der Waals surface area (Å²) in [6.07, 6.45) is 0.802. The van der Waals surface area contributed by atoms with Gasteiger partial charge in [0.15, 0.2) is 5.78 Å². The van der Waals surface area contributed by atoms with Crippen molar-refractivity contribution in [3.05, 3.63) is 23.3 Å². The lowest BCUT2D eigenvalue weighted by molar-refractivity contribution is -0.116. The number of aromatic hydroxyl groups is 1. The van der Waals surface area contributed by atoms with Crippen LogP contribution in [0.1, 0.15) is 50.0 Å². The maximum atomic E-state index is 12.6. The number of carbonyl (C=O) groups is 2. The molecule has 5 nitrogen and oxygen atoms in total. The first-order chi connectivity index (χ1) is 9.69. The quantitative estimate of drug-likeness (QED) is 0.589. The first kappa shape index (κ1) is 15.5. The van der Waals surface area contributed by atoms with Crippen molar-refractivity contribution in [3.8, 4) is 5.75 Å². The highest BCUT2D eigenvalue weighted by atomic mass is 16.3. The minimum Gasteiger partial charge on any atom is -0.506 e. The van der Waals surface area contributed by atoms with Gasteiger partial charge in [-0.15, -0.1) is 0 Å². The van der Waals surface area contributed by atoms with Crippen LogP contribution in [0.15, 0.2) is 12.1 Å². The van der Waals surface area contributed by atoms with E-state index in [0.29, 0.717) is 24.1 Å². The normalized spacial score (nSPS) is 16.1. The second kappa shape index (κ2) is 5.48. The van der Waals surface area contributed by atoms with Crippen molar-refractivity contribution in [1.82, 2.24) is 5.32 Å². The van der Waals surface area contributed by atoms with E-state index < -0.39 is 0 Å². The minimum atomic E-state index is -0.337. The average molecular weight is 290 g/mol. The number of phenols is 1. The Hall–Kier alpha value is -1.88. The standard InChI is InChI=1S/C16H22N2O3/c1-9(18-16(2,3)4)15(21)11-5-7-12(19)14-10(11)6-8-13(20)17-14/h5,7,9,18-19H,6,8H2,1-4H3,(H,17,20). The van der Waals surface area contributed by atoms with Crippen molar-refractivity contribution in [1.29, 1.82) is 0 Å². The van der Waals surface area contributed by atoms with Crippen LogP contribution in [-0.2, 0) is 11.2 Å². The zero-order valence-corrected chi connectivity index (χ0v) is 12.9. The minimum absolute atomic E-state index is 0.00559. The highest BCUT2D eigenvalue weighted by molar-refractivity contribution is 6.05. The molecule has 1 unspecified atom stereocenters. The number of nitrogens with one attached hydrogen (secondary N) is 2. The molecule has 0 fully saturated rings. The molecule has 21 heavy (non-hydrogen) atoms. The number of anilines is 1. The molecule has 1 amide bonds. The molecule has 2 rings (SSSR count). The van der Waals surface area contributed by atoms with Crippen molar-refractivity contribution in [3.63, 3.8) is 0 Å². The summed E-state index contributed by atoms with van der Waals surface area (Å²) >= 11 is 0. The van der Waals surface area contributed by atoms with Crippen LogP contribution in [0.25, 0.3) is 0 Å². The van der Waals surface area contributed by atoms with Gasteiger partial charge in [0.1, 0.15) is 5.75 Å². The predicted molar refractivity (Wildman–Crippen MR) is 81.7 cm³/mol. The predicted octanol–water partition coefficient (Wildman–Crippen LogP) is 2.24. The summed E-state index contributed by atoms with van der Waals surface area (Å²) in [5.41, 5.74) is 1.49. The topological polar surface area (TPSA) is 78.4 Å². The monoisotopic (exact) mass is 290 g/mol. The zero-order chi connectivity index (χ0) is 15.8. The summed E-state index contributed by atoms with van der Waals surface area (Å²) in [4.78, 5) is 24.1. The Morgan fingerprint density at radius 2 is 2.00 bits per heavy atom. The number of fused-ring (bicyclic) bond motifs is 1. The summed E-state index contributed by atoms with van der Waals surface area (Å²) in [5, 5.41) is 15.8. The molecule has 0 radical (unpaired) electrons. The lowest BCUT2D eigenvalue weighted by Crippen LogP contribution is -2.46. The van der Waals surface area contributed by atoms with Gasteiger partial charge in [-0.05, 0) is 51.8 Å². The Labute approximate surface area is 124 Å². The number of carbonyl (C=O) groups excluding carboxylic acids is 2. The lowest BCUT2D eigenvalue weighted by Gasteiger charge is -2.27. The fourth-order valence-electron chi connectivity index (χ4n) is 2.65. The van der Waals surface area contributed by atoms with E-state index in [0.717, 1.165) is 5.56 Å². The Balaban J connectivity index is 2.35. The third-order valence-electron chi connectivity index (χ3n) is 3.47. The smallest absolute Gasteiger partial charge is 0.224 e. The molecule has 0 saturated heterocycles. The van der Waals surface area contributed by atoms with Gasteiger partial charge in [0, 0.05) is 17.5 Å². The summed E-state index contributed by atoms with van der Waals surface area (Å²) in [7, 11) is 0. The van der Waals surface area contributed by atoms with Gasteiger partial charge in [0.25, 0.3) is 0 Å². The van der Waals surface area contributed by atoms with Gasteiger partial charge in [0.2, 0.25) is 5.91 Å². The average Bonchev–Trinajstić information content (AvgIpc) is 2.37. The molecule has 1 heterocycles. The first-order valence-corrected chi connectivity index (χ1v) is 7.15. The molecule has 1 aromatic carbocycles. The molecule has 1 aliphatic rings. The van der Waals surface area contributed by atoms with Crippen LogP contribution in [-0.4, -0.2) is 28.4 Å². The van der Waals surface area contributed by atoms with Crippen LogP contribution in [0.2, 0.25) is 0 Å². The third-order valence-corrected chi connectivity index (χ3v) is 3.47. The molecule has 0 spiro atoms. The van der Waals surface area contributed by atoms with Gasteiger partial charge < -0.3 is 15.7 Å². The molecule has 1 aromatic rings. The number of hydrogen-bond acceptors (Lipinski definition) is 4. The van der Waals surface area contributed by atoms with Crippen molar-refractivity contribution < 1.29 is 14.7 Å². The van der Waals surface area contributed by atoms with E-state index in [-0.39, 0.29) is 29.0 Å². The van der Waals surface area contributed by atoms with Gasteiger partial charge in [0.05, 0.1) is 11.7 Å². The van der Waals surface area contributed by atoms with Crippen LogP contribution < -0.4 is 10.6 Å². The maximum absolute atomic E-state index is 12.6. The lowest BCUT2D eigenvalue weighted by atomic mass is 9.91. The van der Waals surface area contributed by atoms with E-state index in [1.807, 2.05) is 27.7 Å². The molecule has 1 atom stereocenters. The highest BCUT2D eigenvalue weighted by Gasteiger charge is 2.27. The zero-order valence-electron chi connectivity index (χ0n) is 12.9. The molecule has 3 N–H and O–H groups in total. The van der Waals surface area contributed by atoms with Crippen LogP contribution >= 0.6 is 0 Å². The number of Topliss-reactive ketones (excluding diaryl/α,β-unsaturated/α-hetero) is 1. The van der Waals surface area contributed by atoms with Crippen molar-refractivity contribution in [2.45, 2.75) is 52.1 Å². The molecule has 1 aliphatic heterocycles. The van der Waals surface area contributed by atoms with Crippen LogP contribution in [0.5, 0.6) is 5.75 Å². The number of amides is 1. The summed E-state index contributed by atoms with van der Waals surface area (Å²) in [5.74, 6) is -0.161. The van der Waals surface area contributed by atoms with Gasteiger partial charge in [-0.25, -0.2) is 0 Å². The van der Waals surface area contributed by atoms with Crippen molar-refractivity contribution >= 4 is 17.4 Å². The first-order valence-electron chi connectivity index (χ1n) is 7.15. The Kier molecular flexibility index (Phi) is 4.05. The van der Waals surface area contributed by atoms with E-state index in [1.165, 1.54) is 6.07 Å². The van der Waals surface area contributed by atoms with E-state index in [2.05, 4.69) is 10.6 Å². The summed E-state index contributed by atoms with van der Waals surface area (Å²) < 4.78 is 0. The van der Waals surface area contributed by atoms with E-state index in [4.69, 9.17) is 0 Å². The summed E-state index contributed by atoms with van der Waals surface area (Å²) in [6, 6.07) is 2.76. The van der Waals surface area contributed by atoms with Crippen LogP contribution in [0.4, 0.5) is 5.69 Å². The van der Waals surface area contributed by atoms with Crippen molar-refractivity contribution in [2.24, 2.45) is 0 Å². The molecule has 5 heteroatoms. The second-order valence-corrected chi connectivity index (χ2v) is 6.51. The van der Waals surface area contributed by atoms with E-state index in [1.54, 1.807) is 6.07 Å². The molecule has 0 saturated carbocycles. The Morgan fingerprint density at radius 3 is 2.62 bits per heavy atom. The van der Waals surface area contributed by atoms with Crippen LogP contribution in [0, 0.1) is 0 Å². The van der Waals surface area contributed by atoms with E-state index >= 15 is 0 Å². The van der Waals surface area contributed by atoms with Gasteiger partial charge >= 0.3 is 0 Å². The Morgan fingerprint density at radius 1 is 1.33 bits per heavy atom. The number of benzene rings is 1. The highest BCUT2D eigenvalue weighted by Crippen LogP contribution is 2.34. The van der Waals surface area contributed by atoms with Gasteiger partial charge in [-0.3, -0.25) is 9.59 Å². The molecule has 0 aromatic heterocycles. The number of phenolic OH excluding ortho intramolecular Hbond substituents is 1. The SMILES string of the molecule is CC(NC(C)(C)C)C(=O)c1ccc(O)c2c1CCC(=O)N2. The molecular formula is C16H22N2O3. The second-order valence-electron chi connectivity index (χ2n) is 6.51.